The largest absolute Gasteiger partial charge is 0.325 e. The lowest BCUT2D eigenvalue weighted by molar-refractivity contribution is -0.118. The van der Waals surface area contributed by atoms with E-state index in [1.54, 1.807) is 79.3 Å². The maximum atomic E-state index is 14.0. The van der Waals surface area contributed by atoms with Crippen LogP contribution in [0.5, 0.6) is 0 Å². The van der Waals surface area contributed by atoms with Crippen molar-refractivity contribution in [3.05, 3.63) is 110 Å². The summed E-state index contributed by atoms with van der Waals surface area (Å²) >= 11 is 12.5. The number of thioether (sulfide) groups is 1. The summed E-state index contributed by atoms with van der Waals surface area (Å²) in [7, 11) is 1.73. The quantitative estimate of drug-likeness (QED) is 0.253. The molecular formula is C30H22ClN5O4S2. The molecule has 3 aromatic carbocycles. The van der Waals surface area contributed by atoms with E-state index in [4.69, 9.17) is 23.8 Å². The van der Waals surface area contributed by atoms with Gasteiger partial charge < -0.3 is 5.32 Å². The average molecular weight is 616 g/mol. The Bertz CT molecular complexity index is 1900. The number of anilines is 3. The molecule has 6 rings (SSSR count). The number of amides is 3. The van der Waals surface area contributed by atoms with Crippen LogP contribution in [-0.2, 0) is 21.4 Å². The van der Waals surface area contributed by atoms with E-state index in [0.29, 0.717) is 33.3 Å². The second-order valence-electron chi connectivity index (χ2n) is 9.59. The van der Waals surface area contributed by atoms with Crippen LogP contribution in [0.1, 0.15) is 11.3 Å². The lowest BCUT2D eigenvalue weighted by atomic mass is 10.1. The summed E-state index contributed by atoms with van der Waals surface area (Å²) in [5.74, 6) is -1.49. The molecule has 0 saturated carbocycles. The monoisotopic (exact) mass is 615 g/mol. The highest BCUT2D eigenvalue weighted by Crippen LogP contribution is 2.45. The molecule has 0 spiro atoms. The van der Waals surface area contributed by atoms with Crippen LogP contribution >= 0.6 is 35.6 Å². The van der Waals surface area contributed by atoms with Gasteiger partial charge in [-0.3, -0.25) is 33.7 Å². The Morgan fingerprint density at radius 2 is 1.60 bits per heavy atom. The predicted molar refractivity (Wildman–Crippen MR) is 169 cm³/mol. The van der Waals surface area contributed by atoms with Crippen molar-refractivity contribution in [2.75, 3.05) is 21.7 Å². The topological polar surface area (TPSA) is 96.7 Å². The number of fused-ring (bicyclic) bond motifs is 1. The highest BCUT2D eigenvalue weighted by Gasteiger charge is 2.44. The van der Waals surface area contributed by atoms with Crippen LogP contribution in [0.3, 0.4) is 0 Å². The van der Waals surface area contributed by atoms with Gasteiger partial charge >= 0.3 is 0 Å². The minimum Gasteiger partial charge on any atom is -0.325 e. The van der Waals surface area contributed by atoms with E-state index < -0.39 is 23.3 Å². The summed E-state index contributed by atoms with van der Waals surface area (Å²) in [5, 5.41) is 3.29. The highest BCUT2D eigenvalue weighted by atomic mass is 35.5. The summed E-state index contributed by atoms with van der Waals surface area (Å²) < 4.78 is 3.26. The molecule has 1 N–H and O–H groups in total. The van der Waals surface area contributed by atoms with E-state index in [0.717, 1.165) is 11.8 Å². The Morgan fingerprint density at radius 3 is 2.31 bits per heavy atom. The van der Waals surface area contributed by atoms with Gasteiger partial charge in [0.2, 0.25) is 5.91 Å². The number of hydrogen-bond acceptors (Lipinski definition) is 6. The number of aromatic nitrogens is 2. The number of rotatable bonds is 5. The molecule has 1 fully saturated rings. The van der Waals surface area contributed by atoms with Gasteiger partial charge in [0.15, 0.2) is 4.32 Å². The molecule has 2 aliphatic heterocycles. The van der Waals surface area contributed by atoms with E-state index >= 15 is 0 Å². The zero-order valence-electron chi connectivity index (χ0n) is 22.3. The number of halogens is 1. The van der Waals surface area contributed by atoms with Crippen molar-refractivity contribution >= 4 is 80.3 Å². The average Bonchev–Trinajstić information content (AvgIpc) is 3.50. The second-order valence-corrected chi connectivity index (χ2v) is 11.7. The first kappa shape index (κ1) is 27.7. The number of hydrogen-bond donors (Lipinski definition) is 1. The molecule has 0 aliphatic carbocycles. The molecular weight excluding hydrogens is 594 g/mol. The molecule has 4 aromatic rings. The van der Waals surface area contributed by atoms with E-state index in [1.165, 1.54) is 14.5 Å². The van der Waals surface area contributed by atoms with Gasteiger partial charge in [-0.05, 0) is 49.4 Å². The standard InChI is InChI=1S/C30H22ClN5O4S2/c1-17-25(28(39)36(33(17)2)20-8-4-3-5-9-20)35-29(40)26(42-30(35)41)24-21-10-6-7-11-22(21)34(27(24)38)16-23(37)32-19-14-12-18(31)13-15-19/h3-15H,16H2,1-2H3,(H,32,37)/b26-24-. The smallest absolute Gasteiger partial charge is 0.296 e. The van der Waals surface area contributed by atoms with Crippen LogP contribution in [0.2, 0.25) is 5.02 Å². The number of carbonyl (C=O) groups is 3. The van der Waals surface area contributed by atoms with Crippen LogP contribution in [0, 0.1) is 6.92 Å². The van der Waals surface area contributed by atoms with Gasteiger partial charge in [-0.15, -0.1) is 0 Å². The van der Waals surface area contributed by atoms with Gasteiger partial charge in [-0.25, -0.2) is 4.68 Å². The van der Waals surface area contributed by atoms with Crippen LogP contribution in [0.15, 0.2) is 88.6 Å². The van der Waals surface area contributed by atoms with Crippen molar-refractivity contribution in [2.45, 2.75) is 6.92 Å². The zero-order valence-corrected chi connectivity index (χ0v) is 24.7. The maximum Gasteiger partial charge on any atom is 0.296 e. The first-order valence-corrected chi connectivity index (χ1v) is 14.4. The fourth-order valence-corrected chi connectivity index (χ4v) is 6.53. The van der Waals surface area contributed by atoms with Gasteiger partial charge in [0.1, 0.15) is 12.2 Å². The summed E-state index contributed by atoms with van der Waals surface area (Å²) in [5.41, 5.74) is 2.55. The number of benzene rings is 3. The molecule has 3 heterocycles. The minimum absolute atomic E-state index is 0.104. The second kappa shape index (κ2) is 10.8. The van der Waals surface area contributed by atoms with Gasteiger partial charge in [0.05, 0.1) is 27.5 Å². The molecule has 0 radical (unpaired) electrons. The molecule has 9 nitrogen and oxygen atoms in total. The van der Waals surface area contributed by atoms with Crippen molar-refractivity contribution in [3.63, 3.8) is 0 Å². The normalized spacial score (nSPS) is 16.4. The Kier molecular flexibility index (Phi) is 7.09. The van der Waals surface area contributed by atoms with Gasteiger partial charge in [-0.2, -0.15) is 0 Å². The van der Waals surface area contributed by atoms with Crippen LogP contribution in [0.25, 0.3) is 11.3 Å². The molecule has 0 unspecified atom stereocenters. The van der Waals surface area contributed by atoms with Gasteiger partial charge in [0, 0.05) is 23.3 Å². The Hall–Kier alpha value is -4.45. The molecule has 0 atom stereocenters. The van der Waals surface area contributed by atoms with Crippen molar-refractivity contribution in [1.82, 2.24) is 9.36 Å². The van der Waals surface area contributed by atoms with Crippen molar-refractivity contribution in [3.8, 4) is 5.69 Å². The lowest BCUT2D eigenvalue weighted by Gasteiger charge is -2.16. The highest BCUT2D eigenvalue weighted by molar-refractivity contribution is 8.27. The van der Waals surface area contributed by atoms with E-state index in [-0.39, 0.29) is 27.0 Å². The van der Waals surface area contributed by atoms with Crippen molar-refractivity contribution in [2.24, 2.45) is 7.05 Å². The third-order valence-corrected chi connectivity index (χ3v) is 8.72. The van der Waals surface area contributed by atoms with Gasteiger partial charge in [0.25, 0.3) is 17.4 Å². The molecule has 2 aliphatic rings. The number of nitrogens with one attached hydrogen (secondary N) is 1. The molecule has 12 heteroatoms. The third kappa shape index (κ3) is 4.55. The van der Waals surface area contributed by atoms with Crippen molar-refractivity contribution < 1.29 is 14.4 Å². The lowest BCUT2D eigenvalue weighted by Crippen LogP contribution is -2.36. The van der Waals surface area contributed by atoms with E-state index in [1.807, 2.05) is 18.2 Å². The number of para-hydroxylation sites is 2. The molecule has 42 heavy (non-hydrogen) atoms. The molecule has 1 aromatic heterocycles. The summed E-state index contributed by atoms with van der Waals surface area (Å²) in [4.78, 5) is 57.0. The first-order valence-electron chi connectivity index (χ1n) is 12.8. The van der Waals surface area contributed by atoms with Gasteiger partial charge in [-0.1, -0.05) is 72.0 Å². The molecule has 3 amide bonds. The first-order chi connectivity index (χ1) is 20.2. The summed E-state index contributed by atoms with van der Waals surface area (Å²) in [6, 6.07) is 22.6. The summed E-state index contributed by atoms with van der Waals surface area (Å²) in [6.45, 7) is 1.46. The number of nitrogens with zero attached hydrogens (tertiary/aromatic N) is 4. The Balaban J connectivity index is 1.36. The Labute approximate surface area is 255 Å². The molecule has 1 saturated heterocycles. The molecule has 210 valence electrons. The minimum atomic E-state index is -0.568. The maximum absolute atomic E-state index is 14.0. The predicted octanol–water partition coefficient (Wildman–Crippen LogP) is 4.90. The number of carbonyl (C=O) groups excluding carboxylic acids is 3. The summed E-state index contributed by atoms with van der Waals surface area (Å²) in [6.07, 6.45) is 0. The molecule has 0 bridgehead atoms. The fourth-order valence-electron chi connectivity index (χ4n) is 5.06. The van der Waals surface area contributed by atoms with Crippen LogP contribution in [-0.4, -0.2) is 38.0 Å². The Morgan fingerprint density at radius 1 is 0.929 bits per heavy atom. The van der Waals surface area contributed by atoms with E-state index in [9.17, 15) is 19.2 Å². The van der Waals surface area contributed by atoms with Crippen LogP contribution in [0.4, 0.5) is 17.1 Å². The SMILES string of the molecule is Cc1c(N2C(=O)/C(=C3/C(=O)N(CC(=O)Nc4ccc(Cl)cc4)c4ccccc43)SC2=S)c(=O)n(-c2ccccc2)n1C. The fraction of sp³-hybridized carbons (Fsp3) is 0.100. The third-order valence-electron chi connectivity index (χ3n) is 7.10. The zero-order chi connectivity index (χ0) is 29.7. The van der Waals surface area contributed by atoms with Crippen molar-refractivity contribution in [1.29, 1.82) is 0 Å². The van der Waals surface area contributed by atoms with E-state index in [2.05, 4.69) is 5.32 Å². The number of thiocarbonyl (C=S) groups is 1. The van der Waals surface area contributed by atoms with Crippen LogP contribution < -0.4 is 20.7 Å².